The molecule has 0 bridgehead atoms. The maximum atomic E-state index is 6.03. The van der Waals surface area contributed by atoms with Crippen molar-refractivity contribution in [3.05, 3.63) is 44.4 Å². The quantitative estimate of drug-likeness (QED) is 0.679. The first-order valence-electron chi connectivity index (χ1n) is 4.72. The third-order valence-corrected chi connectivity index (χ3v) is 3.20. The van der Waals surface area contributed by atoms with Gasteiger partial charge in [-0.25, -0.2) is 0 Å². The normalized spacial score (nSPS) is 11.2. The highest BCUT2D eigenvalue weighted by Gasteiger charge is 2.02. The number of nitrogens with one attached hydrogen (secondary N) is 1. The number of aromatic nitrogens is 3. The monoisotopic (exact) mass is 286 g/mol. The van der Waals surface area contributed by atoms with Gasteiger partial charge >= 0.3 is 0 Å². The lowest BCUT2D eigenvalue weighted by Gasteiger charge is -1.99. The summed E-state index contributed by atoms with van der Waals surface area (Å²) in [7, 11) is 0. The molecule has 0 atom stereocenters. The molecule has 0 radical (unpaired) electrons. The standard InChI is InChI=1S/C10H8Cl2N4S/c1-6-14-15-10(17)16(6)13-5-7-3-2-4-8(11)9(7)12/h2-5H,1H3,(H,15,17)/b13-5-. The van der Waals surface area contributed by atoms with Crippen LogP contribution in [0.2, 0.25) is 10.0 Å². The second-order valence-electron chi connectivity index (χ2n) is 3.28. The Morgan fingerprint density at radius 3 is 2.88 bits per heavy atom. The fourth-order valence-electron chi connectivity index (χ4n) is 1.25. The molecule has 0 unspecified atom stereocenters. The van der Waals surface area contributed by atoms with Crippen LogP contribution in [0.5, 0.6) is 0 Å². The highest BCUT2D eigenvalue weighted by atomic mass is 35.5. The predicted molar refractivity (Wildman–Crippen MR) is 71.6 cm³/mol. The average molecular weight is 287 g/mol. The summed E-state index contributed by atoms with van der Waals surface area (Å²) in [4.78, 5) is 0. The molecule has 0 saturated heterocycles. The van der Waals surface area contributed by atoms with Crippen LogP contribution in [-0.2, 0) is 0 Å². The number of nitrogens with zero attached hydrogens (tertiary/aromatic N) is 3. The molecule has 0 saturated carbocycles. The van der Waals surface area contributed by atoms with Crippen molar-refractivity contribution < 1.29 is 0 Å². The number of aromatic amines is 1. The van der Waals surface area contributed by atoms with Crippen LogP contribution in [0.3, 0.4) is 0 Å². The second-order valence-corrected chi connectivity index (χ2v) is 4.45. The number of rotatable bonds is 2. The molecular weight excluding hydrogens is 279 g/mol. The third kappa shape index (κ3) is 2.57. The number of aryl methyl sites for hydroxylation is 1. The van der Waals surface area contributed by atoms with E-state index in [1.165, 1.54) is 4.68 Å². The molecule has 2 aromatic rings. The van der Waals surface area contributed by atoms with E-state index in [0.717, 1.165) is 5.56 Å². The molecular formula is C10H8Cl2N4S. The maximum Gasteiger partial charge on any atom is 0.216 e. The lowest BCUT2D eigenvalue weighted by molar-refractivity contribution is 0.821. The van der Waals surface area contributed by atoms with Crippen LogP contribution in [0, 0.1) is 11.7 Å². The lowest BCUT2D eigenvalue weighted by Crippen LogP contribution is -1.94. The fourth-order valence-corrected chi connectivity index (χ4v) is 1.83. The van der Waals surface area contributed by atoms with E-state index in [1.54, 1.807) is 25.3 Å². The van der Waals surface area contributed by atoms with Crippen LogP contribution >= 0.6 is 35.4 Å². The van der Waals surface area contributed by atoms with Crippen LogP contribution in [0.1, 0.15) is 11.4 Å². The topological polar surface area (TPSA) is 46.0 Å². The number of H-pyrrole nitrogens is 1. The smallest absolute Gasteiger partial charge is 0.216 e. The summed E-state index contributed by atoms with van der Waals surface area (Å²) >= 11 is 16.9. The van der Waals surface area contributed by atoms with E-state index < -0.39 is 0 Å². The van der Waals surface area contributed by atoms with Gasteiger partial charge in [0.1, 0.15) is 5.82 Å². The zero-order valence-corrected chi connectivity index (χ0v) is 11.1. The van der Waals surface area contributed by atoms with E-state index in [0.29, 0.717) is 20.6 Å². The first kappa shape index (κ1) is 12.3. The van der Waals surface area contributed by atoms with Crippen molar-refractivity contribution in [1.29, 1.82) is 0 Å². The van der Waals surface area contributed by atoms with Gasteiger partial charge in [0.15, 0.2) is 0 Å². The van der Waals surface area contributed by atoms with Gasteiger partial charge in [0.2, 0.25) is 4.77 Å². The molecule has 17 heavy (non-hydrogen) atoms. The van der Waals surface area contributed by atoms with Crippen LogP contribution in [-0.4, -0.2) is 21.1 Å². The number of benzene rings is 1. The van der Waals surface area contributed by atoms with Crippen LogP contribution < -0.4 is 0 Å². The van der Waals surface area contributed by atoms with E-state index in [4.69, 9.17) is 35.4 Å². The van der Waals surface area contributed by atoms with Gasteiger partial charge in [-0.1, -0.05) is 35.3 Å². The summed E-state index contributed by atoms with van der Waals surface area (Å²) in [6.45, 7) is 1.79. The Bertz CT molecular complexity index is 629. The second kappa shape index (κ2) is 5.00. The molecule has 1 heterocycles. The molecule has 2 rings (SSSR count). The van der Waals surface area contributed by atoms with Gasteiger partial charge in [-0.3, -0.25) is 5.10 Å². The zero-order chi connectivity index (χ0) is 12.4. The number of hydrogen-bond acceptors (Lipinski definition) is 3. The maximum absolute atomic E-state index is 6.03. The summed E-state index contributed by atoms with van der Waals surface area (Å²) in [5, 5.41) is 11.7. The van der Waals surface area contributed by atoms with E-state index in [9.17, 15) is 0 Å². The first-order chi connectivity index (χ1) is 8.09. The first-order valence-corrected chi connectivity index (χ1v) is 5.88. The Labute approximate surface area is 113 Å². The molecule has 0 fully saturated rings. The molecule has 1 aromatic carbocycles. The van der Waals surface area contributed by atoms with Gasteiger partial charge in [-0.05, 0) is 25.2 Å². The number of halogens is 2. The predicted octanol–water partition coefficient (Wildman–Crippen LogP) is 3.44. The Hall–Kier alpha value is -1.17. The van der Waals surface area contributed by atoms with Crippen LogP contribution in [0.4, 0.5) is 0 Å². The average Bonchev–Trinajstić information content (AvgIpc) is 2.62. The minimum atomic E-state index is 0.428. The Kier molecular flexibility index (Phi) is 3.61. The molecule has 1 aromatic heterocycles. The Balaban J connectivity index is 2.39. The molecule has 1 N–H and O–H groups in total. The van der Waals surface area contributed by atoms with E-state index in [2.05, 4.69) is 15.3 Å². The molecule has 0 aliphatic carbocycles. The third-order valence-electron chi connectivity index (χ3n) is 2.11. The van der Waals surface area contributed by atoms with E-state index >= 15 is 0 Å². The molecule has 88 valence electrons. The van der Waals surface area contributed by atoms with Gasteiger partial charge in [-0.15, -0.1) is 0 Å². The van der Waals surface area contributed by atoms with Crippen molar-refractivity contribution in [2.24, 2.45) is 5.10 Å². The Morgan fingerprint density at radius 1 is 1.47 bits per heavy atom. The van der Waals surface area contributed by atoms with Crippen molar-refractivity contribution in [1.82, 2.24) is 14.9 Å². The van der Waals surface area contributed by atoms with Gasteiger partial charge in [0.25, 0.3) is 0 Å². The molecule has 0 spiro atoms. The summed E-state index contributed by atoms with van der Waals surface area (Å²) in [5.41, 5.74) is 0.724. The summed E-state index contributed by atoms with van der Waals surface area (Å²) in [6, 6.07) is 5.34. The largest absolute Gasteiger partial charge is 0.250 e. The zero-order valence-electron chi connectivity index (χ0n) is 8.82. The molecule has 0 aliphatic rings. The summed E-state index contributed by atoms with van der Waals surface area (Å²) in [5.74, 6) is 0.671. The van der Waals surface area contributed by atoms with Gasteiger partial charge in [0, 0.05) is 5.56 Å². The highest BCUT2D eigenvalue weighted by Crippen LogP contribution is 2.24. The number of hydrogen-bond donors (Lipinski definition) is 1. The van der Waals surface area contributed by atoms with E-state index in [-0.39, 0.29) is 0 Å². The van der Waals surface area contributed by atoms with Crippen LogP contribution in [0.25, 0.3) is 0 Å². The van der Waals surface area contributed by atoms with Gasteiger partial charge in [0.05, 0.1) is 16.3 Å². The van der Waals surface area contributed by atoms with Crippen molar-refractivity contribution in [2.45, 2.75) is 6.92 Å². The molecule has 7 heteroatoms. The van der Waals surface area contributed by atoms with Crippen LogP contribution in [0.15, 0.2) is 23.3 Å². The van der Waals surface area contributed by atoms with Crippen molar-refractivity contribution >= 4 is 41.6 Å². The molecule has 0 aliphatic heterocycles. The lowest BCUT2D eigenvalue weighted by atomic mass is 10.2. The summed E-state index contributed by atoms with van der Waals surface area (Å²) < 4.78 is 1.93. The van der Waals surface area contributed by atoms with Crippen molar-refractivity contribution in [2.75, 3.05) is 0 Å². The fraction of sp³-hybridized carbons (Fsp3) is 0.100. The molecule has 4 nitrogen and oxygen atoms in total. The molecule has 0 amide bonds. The van der Waals surface area contributed by atoms with Crippen molar-refractivity contribution in [3.8, 4) is 0 Å². The van der Waals surface area contributed by atoms with Gasteiger partial charge < -0.3 is 0 Å². The van der Waals surface area contributed by atoms with Gasteiger partial charge in [-0.2, -0.15) is 14.9 Å². The van der Waals surface area contributed by atoms with Crippen molar-refractivity contribution in [3.63, 3.8) is 0 Å². The highest BCUT2D eigenvalue weighted by molar-refractivity contribution is 7.71. The minimum absolute atomic E-state index is 0.428. The minimum Gasteiger partial charge on any atom is -0.250 e. The summed E-state index contributed by atoms with van der Waals surface area (Å²) in [6.07, 6.45) is 1.59. The Morgan fingerprint density at radius 2 is 2.24 bits per heavy atom. The van der Waals surface area contributed by atoms with E-state index in [1.807, 2.05) is 6.07 Å². The SMILES string of the molecule is Cc1n[nH]c(=S)n1/N=C\c1cccc(Cl)c1Cl.